The van der Waals surface area contributed by atoms with Crippen LogP contribution in [0.1, 0.15) is 22.3 Å². The largest absolute Gasteiger partial charge is 0.352 e. The molecular weight excluding hydrogens is 363 g/mol. The van der Waals surface area contributed by atoms with Crippen LogP contribution in [0.15, 0.2) is 53.0 Å². The van der Waals surface area contributed by atoms with E-state index in [9.17, 15) is 14.0 Å². The van der Waals surface area contributed by atoms with Crippen molar-refractivity contribution in [2.75, 3.05) is 6.54 Å². The van der Waals surface area contributed by atoms with Crippen molar-refractivity contribution in [3.8, 4) is 0 Å². The topological polar surface area (TPSA) is 58.2 Å². The van der Waals surface area contributed by atoms with Crippen LogP contribution in [0.25, 0.3) is 0 Å². The summed E-state index contributed by atoms with van der Waals surface area (Å²) in [5.41, 5.74) is 1.21. The molecule has 0 aliphatic heterocycles. The fourth-order valence-electron chi connectivity index (χ4n) is 1.94. The molecule has 0 atom stereocenters. The molecule has 0 bridgehead atoms. The summed E-state index contributed by atoms with van der Waals surface area (Å²) < 4.78 is 13.9. The Labute approximate surface area is 142 Å². The molecular formula is C17H16BrFN2O2. The van der Waals surface area contributed by atoms with E-state index in [1.165, 1.54) is 12.1 Å². The van der Waals surface area contributed by atoms with Crippen LogP contribution in [0.5, 0.6) is 0 Å². The quantitative estimate of drug-likeness (QED) is 0.811. The molecule has 0 aromatic heterocycles. The summed E-state index contributed by atoms with van der Waals surface area (Å²) in [5.74, 6) is -0.784. The number of rotatable bonds is 6. The number of carbonyl (C=O) groups excluding carboxylic acids is 2. The van der Waals surface area contributed by atoms with Gasteiger partial charge in [-0.25, -0.2) is 4.39 Å². The van der Waals surface area contributed by atoms with Gasteiger partial charge in [0.15, 0.2) is 0 Å². The maximum atomic E-state index is 13.1. The smallest absolute Gasteiger partial charge is 0.251 e. The van der Waals surface area contributed by atoms with Gasteiger partial charge in [-0.3, -0.25) is 9.59 Å². The summed E-state index contributed by atoms with van der Waals surface area (Å²) in [6, 6.07) is 13.1. The molecule has 0 aliphatic rings. The molecule has 23 heavy (non-hydrogen) atoms. The Morgan fingerprint density at radius 1 is 1.04 bits per heavy atom. The lowest BCUT2D eigenvalue weighted by atomic mass is 10.2. The minimum Gasteiger partial charge on any atom is -0.352 e. The molecule has 2 aromatic rings. The summed E-state index contributed by atoms with van der Waals surface area (Å²) >= 11 is 3.30. The average molecular weight is 379 g/mol. The first-order valence-corrected chi connectivity index (χ1v) is 7.89. The highest BCUT2D eigenvalue weighted by molar-refractivity contribution is 9.10. The Kier molecular flexibility index (Phi) is 6.29. The molecule has 2 N–H and O–H groups in total. The van der Waals surface area contributed by atoms with E-state index >= 15 is 0 Å². The van der Waals surface area contributed by atoms with Gasteiger partial charge in [-0.2, -0.15) is 0 Å². The lowest BCUT2D eigenvalue weighted by Crippen LogP contribution is -2.30. The molecule has 0 spiro atoms. The van der Waals surface area contributed by atoms with Gasteiger partial charge >= 0.3 is 0 Å². The van der Waals surface area contributed by atoms with Gasteiger partial charge in [-0.1, -0.05) is 34.1 Å². The van der Waals surface area contributed by atoms with Crippen LogP contribution in [0, 0.1) is 5.82 Å². The van der Waals surface area contributed by atoms with Crippen LogP contribution in [-0.4, -0.2) is 18.4 Å². The zero-order valence-electron chi connectivity index (χ0n) is 12.3. The van der Waals surface area contributed by atoms with E-state index in [-0.39, 0.29) is 37.1 Å². The minimum atomic E-state index is -0.354. The zero-order chi connectivity index (χ0) is 16.7. The van der Waals surface area contributed by atoms with Crippen molar-refractivity contribution in [1.82, 2.24) is 10.6 Å². The third kappa shape index (κ3) is 5.49. The summed E-state index contributed by atoms with van der Waals surface area (Å²) in [4.78, 5) is 23.6. The molecule has 0 fully saturated rings. The predicted octanol–water partition coefficient (Wildman–Crippen LogP) is 3.02. The second-order valence-electron chi connectivity index (χ2n) is 4.88. The van der Waals surface area contributed by atoms with E-state index in [1.54, 1.807) is 30.3 Å². The number of hydrogen-bond acceptors (Lipinski definition) is 2. The van der Waals surface area contributed by atoms with Gasteiger partial charge in [-0.05, 0) is 35.9 Å². The van der Waals surface area contributed by atoms with Crippen LogP contribution >= 0.6 is 15.9 Å². The van der Waals surface area contributed by atoms with Crippen LogP contribution in [0.2, 0.25) is 0 Å². The molecule has 0 unspecified atom stereocenters. The minimum absolute atomic E-state index is 0.158. The molecule has 0 saturated carbocycles. The van der Waals surface area contributed by atoms with Gasteiger partial charge in [0.05, 0.1) is 0 Å². The highest BCUT2D eigenvalue weighted by atomic mass is 79.9. The van der Waals surface area contributed by atoms with Crippen molar-refractivity contribution in [1.29, 1.82) is 0 Å². The van der Waals surface area contributed by atoms with Gasteiger partial charge in [-0.15, -0.1) is 0 Å². The number of carbonyl (C=O) groups is 2. The summed E-state index contributed by atoms with van der Waals surface area (Å²) in [7, 11) is 0. The lowest BCUT2D eigenvalue weighted by molar-refractivity contribution is -0.121. The third-order valence-electron chi connectivity index (χ3n) is 3.16. The molecule has 0 radical (unpaired) electrons. The second-order valence-corrected chi connectivity index (χ2v) is 5.74. The Bertz CT molecular complexity index is 692. The van der Waals surface area contributed by atoms with E-state index in [4.69, 9.17) is 0 Å². The van der Waals surface area contributed by atoms with Crippen LogP contribution in [0.3, 0.4) is 0 Å². The first kappa shape index (κ1) is 17.1. The van der Waals surface area contributed by atoms with Crippen molar-refractivity contribution >= 4 is 27.7 Å². The van der Waals surface area contributed by atoms with Crippen molar-refractivity contribution in [2.45, 2.75) is 13.0 Å². The van der Waals surface area contributed by atoms with Gasteiger partial charge < -0.3 is 10.6 Å². The maximum Gasteiger partial charge on any atom is 0.251 e. The zero-order valence-corrected chi connectivity index (χ0v) is 13.9. The van der Waals surface area contributed by atoms with Crippen molar-refractivity contribution < 1.29 is 14.0 Å². The third-order valence-corrected chi connectivity index (χ3v) is 3.93. The highest BCUT2D eigenvalue weighted by Gasteiger charge is 2.07. The molecule has 2 aromatic carbocycles. The van der Waals surface area contributed by atoms with Gasteiger partial charge in [0.1, 0.15) is 5.82 Å². The van der Waals surface area contributed by atoms with E-state index in [0.717, 1.165) is 4.47 Å². The van der Waals surface area contributed by atoms with E-state index in [1.807, 2.05) is 6.07 Å². The summed E-state index contributed by atoms with van der Waals surface area (Å²) in [6.07, 6.45) is 0.158. The molecule has 6 heteroatoms. The van der Waals surface area contributed by atoms with E-state index < -0.39 is 0 Å². The summed E-state index contributed by atoms with van der Waals surface area (Å²) in [6.45, 7) is 0.466. The fraction of sp³-hybridized carbons (Fsp3) is 0.176. The number of hydrogen-bond donors (Lipinski definition) is 2. The van der Waals surface area contributed by atoms with Crippen molar-refractivity contribution in [3.05, 3.63) is 69.9 Å². The number of amides is 2. The molecule has 120 valence electrons. The molecule has 2 amide bonds. The first-order chi connectivity index (χ1) is 11.1. The van der Waals surface area contributed by atoms with Crippen LogP contribution in [-0.2, 0) is 11.3 Å². The molecule has 0 heterocycles. The SMILES string of the molecule is O=C(CCNC(=O)c1ccccc1)NCc1cc(F)ccc1Br. The Morgan fingerprint density at radius 2 is 1.78 bits per heavy atom. The van der Waals surface area contributed by atoms with Gasteiger partial charge in [0, 0.05) is 29.5 Å². The van der Waals surface area contributed by atoms with Crippen LogP contribution < -0.4 is 10.6 Å². The fourth-order valence-corrected chi connectivity index (χ4v) is 2.33. The monoisotopic (exact) mass is 378 g/mol. The van der Waals surface area contributed by atoms with E-state index in [2.05, 4.69) is 26.6 Å². The molecule has 4 nitrogen and oxygen atoms in total. The molecule has 2 rings (SSSR count). The first-order valence-electron chi connectivity index (χ1n) is 7.10. The maximum absolute atomic E-state index is 13.1. The van der Waals surface area contributed by atoms with Gasteiger partial charge in [0.2, 0.25) is 5.91 Å². The predicted molar refractivity (Wildman–Crippen MR) is 89.3 cm³/mol. The Balaban J connectivity index is 1.73. The van der Waals surface area contributed by atoms with Crippen molar-refractivity contribution in [3.63, 3.8) is 0 Å². The summed E-state index contributed by atoms with van der Waals surface area (Å²) in [5, 5.41) is 5.37. The average Bonchev–Trinajstić information content (AvgIpc) is 2.56. The molecule has 0 saturated heterocycles. The Morgan fingerprint density at radius 3 is 2.52 bits per heavy atom. The lowest BCUT2D eigenvalue weighted by Gasteiger charge is -2.08. The molecule has 0 aliphatic carbocycles. The van der Waals surface area contributed by atoms with Crippen LogP contribution in [0.4, 0.5) is 4.39 Å². The standard InChI is InChI=1S/C17H16BrFN2O2/c18-15-7-6-14(19)10-13(15)11-21-16(22)8-9-20-17(23)12-4-2-1-3-5-12/h1-7,10H,8-9,11H2,(H,20,23)(H,21,22). The number of halogens is 2. The highest BCUT2D eigenvalue weighted by Crippen LogP contribution is 2.17. The second kappa shape index (κ2) is 8.43. The number of benzene rings is 2. The van der Waals surface area contributed by atoms with Crippen molar-refractivity contribution in [2.24, 2.45) is 0 Å². The van der Waals surface area contributed by atoms with Gasteiger partial charge in [0.25, 0.3) is 5.91 Å². The normalized spacial score (nSPS) is 10.2. The van der Waals surface area contributed by atoms with E-state index in [0.29, 0.717) is 11.1 Å². The number of nitrogens with one attached hydrogen (secondary N) is 2. The Hall–Kier alpha value is -2.21.